The molecule has 0 saturated carbocycles. The van der Waals surface area contributed by atoms with Crippen molar-refractivity contribution in [1.29, 1.82) is 0 Å². The molecule has 0 aromatic rings. The predicted molar refractivity (Wildman–Crippen MR) is 96.0 cm³/mol. The Morgan fingerprint density at radius 2 is 1.41 bits per heavy atom. The molecule has 0 bridgehead atoms. The van der Waals surface area contributed by atoms with Crippen LogP contribution in [0, 0.1) is 0 Å². The molecule has 0 radical (unpaired) electrons. The van der Waals surface area contributed by atoms with E-state index in [1.165, 1.54) is 12.8 Å². The Balaban J connectivity index is 3.81. The van der Waals surface area contributed by atoms with Crippen molar-refractivity contribution in [3.63, 3.8) is 0 Å². The van der Waals surface area contributed by atoms with Crippen LogP contribution in [0.1, 0.15) is 73.8 Å². The Labute approximate surface area is 139 Å². The second-order valence-corrected chi connectivity index (χ2v) is 5.17. The van der Waals surface area contributed by atoms with Gasteiger partial charge in [0.2, 0.25) is 0 Å². The second-order valence-electron chi connectivity index (χ2n) is 5.17. The minimum atomic E-state index is -1.37. The van der Waals surface area contributed by atoms with Crippen molar-refractivity contribution in [2.45, 2.75) is 71.1 Å². The van der Waals surface area contributed by atoms with Gasteiger partial charge in [-0.25, -0.2) is 0 Å². The third kappa shape index (κ3) is 18.4. The van der Waals surface area contributed by atoms with Crippen LogP contribution in [-0.4, -0.2) is 11.1 Å². The van der Waals surface area contributed by atoms with Crippen molar-refractivity contribution in [1.82, 2.24) is 0 Å². The number of carboxylic acid groups (broad SMARTS) is 1. The normalized spacial score (nSPS) is 14.4. The quantitative estimate of drug-likeness (QED) is 0.306. The molecule has 0 rings (SSSR count). The molecule has 0 aliphatic rings. The summed E-state index contributed by atoms with van der Waals surface area (Å²) in [7, 11) is 0. The molecule has 22 heavy (non-hydrogen) atoms. The summed E-state index contributed by atoms with van der Waals surface area (Å²) < 4.78 is 15.7. The van der Waals surface area contributed by atoms with Gasteiger partial charge in [-0.1, -0.05) is 68.4 Å². The molecule has 0 unspecified atom stereocenters. The first kappa shape index (κ1) is 16.8. The SMILES string of the molecule is [2H]C([2H])(/C=C\C/C=C\C/C=C\CCCC(=O)O)/C=C\CCCCC. The lowest BCUT2D eigenvalue weighted by Gasteiger charge is -1.90. The third-order valence-electron chi connectivity index (χ3n) is 3.04. The smallest absolute Gasteiger partial charge is 0.303 e. The Morgan fingerprint density at radius 1 is 0.864 bits per heavy atom. The summed E-state index contributed by atoms with van der Waals surface area (Å²) in [5.74, 6) is -0.745. The maximum atomic E-state index is 10.3. The van der Waals surface area contributed by atoms with Crippen molar-refractivity contribution in [2.75, 3.05) is 0 Å². The van der Waals surface area contributed by atoms with E-state index in [1.807, 2.05) is 36.5 Å². The van der Waals surface area contributed by atoms with Crippen LogP contribution in [0.5, 0.6) is 0 Å². The van der Waals surface area contributed by atoms with Gasteiger partial charge >= 0.3 is 5.97 Å². The van der Waals surface area contributed by atoms with Gasteiger partial charge in [0.1, 0.15) is 0 Å². The van der Waals surface area contributed by atoms with E-state index in [2.05, 4.69) is 6.92 Å². The van der Waals surface area contributed by atoms with E-state index < -0.39 is 12.3 Å². The fraction of sp³-hybridized carbons (Fsp3) is 0.550. The Bertz CT molecular complexity index is 435. The highest BCUT2D eigenvalue weighted by molar-refractivity contribution is 5.66. The zero-order valence-electron chi connectivity index (χ0n) is 15.8. The van der Waals surface area contributed by atoms with E-state index in [0.717, 1.165) is 32.1 Å². The highest BCUT2D eigenvalue weighted by atomic mass is 16.4. The standard InChI is InChI=1S/C20H32O2/c1-2-3-4-5-6-7-8-9-10-11-12-13-14-15-16-17-18-19-20(21)22/h6-7,9-10,12-13,15-16H,2-5,8,11,14,17-19H2,1H3,(H,21,22)/b7-6-,10-9-,13-12-,16-15-/i8D2. The number of carbonyl (C=O) groups is 1. The summed E-state index contributed by atoms with van der Waals surface area (Å²) >= 11 is 0. The highest BCUT2D eigenvalue weighted by Crippen LogP contribution is 2.01. The fourth-order valence-electron chi connectivity index (χ4n) is 1.79. The first-order valence-electron chi connectivity index (χ1n) is 9.35. The van der Waals surface area contributed by atoms with Gasteiger partial charge in [-0.3, -0.25) is 4.79 Å². The topological polar surface area (TPSA) is 37.3 Å². The summed E-state index contributed by atoms with van der Waals surface area (Å²) in [5.41, 5.74) is 0. The zero-order valence-corrected chi connectivity index (χ0v) is 13.8. The molecule has 0 aliphatic carbocycles. The Hall–Kier alpha value is -1.57. The van der Waals surface area contributed by atoms with Crippen LogP contribution >= 0.6 is 0 Å². The Morgan fingerprint density at radius 3 is 2.09 bits per heavy atom. The average Bonchev–Trinajstić information content (AvgIpc) is 2.52. The molecule has 0 fully saturated rings. The maximum absolute atomic E-state index is 10.3. The molecule has 0 heterocycles. The fourth-order valence-corrected chi connectivity index (χ4v) is 1.79. The van der Waals surface area contributed by atoms with Crippen LogP contribution in [0.25, 0.3) is 0 Å². The minimum absolute atomic E-state index is 0.222. The van der Waals surface area contributed by atoms with Gasteiger partial charge in [-0.15, -0.1) is 0 Å². The number of unbranched alkanes of at least 4 members (excludes halogenated alkanes) is 4. The summed E-state index contributed by atoms with van der Waals surface area (Å²) in [5, 5.41) is 8.50. The molecule has 1 N–H and O–H groups in total. The average molecular weight is 306 g/mol. The monoisotopic (exact) mass is 306 g/mol. The van der Waals surface area contributed by atoms with Crippen LogP contribution in [0.3, 0.4) is 0 Å². The third-order valence-corrected chi connectivity index (χ3v) is 3.04. The van der Waals surface area contributed by atoms with Gasteiger partial charge in [0, 0.05) is 9.16 Å². The van der Waals surface area contributed by atoms with Crippen molar-refractivity contribution in [3.8, 4) is 0 Å². The molecule has 0 aliphatic heterocycles. The molecule has 0 spiro atoms. The van der Waals surface area contributed by atoms with E-state index in [9.17, 15) is 4.79 Å². The van der Waals surface area contributed by atoms with E-state index in [1.54, 1.807) is 12.2 Å². The molecule has 0 amide bonds. The Kier molecular flexibility index (Phi) is 13.3. The molecule has 2 heteroatoms. The number of hydrogen-bond donors (Lipinski definition) is 1. The number of rotatable bonds is 14. The molecule has 2 nitrogen and oxygen atoms in total. The lowest BCUT2D eigenvalue weighted by molar-refractivity contribution is -0.137. The molecular weight excluding hydrogens is 272 g/mol. The first-order valence-corrected chi connectivity index (χ1v) is 8.35. The molecule has 0 aromatic heterocycles. The highest BCUT2D eigenvalue weighted by Gasteiger charge is 1.92. The van der Waals surface area contributed by atoms with Crippen LogP contribution in [0.2, 0.25) is 0 Å². The lowest BCUT2D eigenvalue weighted by Crippen LogP contribution is -1.92. The van der Waals surface area contributed by atoms with E-state index in [4.69, 9.17) is 7.85 Å². The zero-order chi connectivity index (χ0) is 18.1. The number of aliphatic carboxylic acids is 1. The molecule has 0 aromatic carbocycles. The van der Waals surface area contributed by atoms with Gasteiger partial charge in [0.25, 0.3) is 0 Å². The van der Waals surface area contributed by atoms with E-state index >= 15 is 0 Å². The van der Waals surface area contributed by atoms with Gasteiger partial charge in [0.05, 0.1) is 0 Å². The summed E-state index contributed by atoms with van der Waals surface area (Å²) in [6.45, 7) is 2.16. The van der Waals surface area contributed by atoms with Crippen LogP contribution in [-0.2, 0) is 4.79 Å². The van der Waals surface area contributed by atoms with Crippen LogP contribution in [0.4, 0.5) is 0 Å². The summed E-state index contributed by atoms with van der Waals surface area (Å²) in [4.78, 5) is 10.3. The number of hydrogen-bond acceptors (Lipinski definition) is 1. The first-order chi connectivity index (χ1) is 11.5. The number of carboxylic acids is 1. The van der Waals surface area contributed by atoms with E-state index in [-0.39, 0.29) is 6.42 Å². The second kappa shape index (κ2) is 17.5. The van der Waals surface area contributed by atoms with Crippen LogP contribution in [0.15, 0.2) is 48.6 Å². The van der Waals surface area contributed by atoms with Gasteiger partial charge < -0.3 is 5.11 Å². The lowest BCUT2D eigenvalue weighted by atomic mass is 10.2. The van der Waals surface area contributed by atoms with Crippen molar-refractivity contribution >= 4 is 5.97 Å². The van der Waals surface area contributed by atoms with Crippen LogP contribution < -0.4 is 0 Å². The predicted octanol–water partition coefficient (Wildman–Crippen LogP) is 6.22. The number of allylic oxidation sites excluding steroid dienone is 8. The van der Waals surface area contributed by atoms with Gasteiger partial charge in [0.15, 0.2) is 0 Å². The van der Waals surface area contributed by atoms with Crippen molar-refractivity contribution in [2.24, 2.45) is 0 Å². The van der Waals surface area contributed by atoms with E-state index in [0.29, 0.717) is 6.42 Å². The van der Waals surface area contributed by atoms with Crippen molar-refractivity contribution in [3.05, 3.63) is 48.6 Å². The van der Waals surface area contributed by atoms with Crippen molar-refractivity contribution < 1.29 is 12.6 Å². The largest absolute Gasteiger partial charge is 0.481 e. The summed E-state index contributed by atoms with van der Waals surface area (Å²) in [6.07, 6.45) is 21.4. The minimum Gasteiger partial charge on any atom is -0.481 e. The van der Waals surface area contributed by atoms with Gasteiger partial charge in [-0.2, -0.15) is 0 Å². The summed E-state index contributed by atoms with van der Waals surface area (Å²) in [6, 6.07) is 0. The molecule has 0 saturated heterocycles. The molecule has 124 valence electrons. The maximum Gasteiger partial charge on any atom is 0.303 e. The molecular formula is C20H32O2. The molecule has 0 atom stereocenters. The van der Waals surface area contributed by atoms with Gasteiger partial charge in [-0.05, 0) is 44.9 Å².